The van der Waals surface area contributed by atoms with Crippen molar-refractivity contribution in [3.63, 3.8) is 0 Å². The highest BCUT2D eigenvalue weighted by Crippen LogP contribution is 2.37. The minimum absolute atomic E-state index is 0.273. The van der Waals surface area contributed by atoms with Crippen LogP contribution in [0.25, 0.3) is 0 Å². The van der Waals surface area contributed by atoms with Crippen molar-refractivity contribution < 1.29 is 14.2 Å². The minimum Gasteiger partial charge on any atom is -0.494 e. The van der Waals surface area contributed by atoms with Crippen LogP contribution in [-0.2, 0) is 5.41 Å². The molecule has 0 radical (unpaired) electrons. The first-order valence-electron chi connectivity index (χ1n) is 7.12. The third-order valence-corrected chi connectivity index (χ3v) is 3.78. The second-order valence-corrected chi connectivity index (χ2v) is 5.63. The standard InChI is InChI=1S/C18H21FO2/c1-4-21-16-11-5-13(6-12-16)17(20)18(2,3)14-7-9-15(19)10-8-14/h5-12,17,20H,4H2,1-3H3. The lowest BCUT2D eigenvalue weighted by atomic mass is 9.77. The highest BCUT2D eigenvalue weighted by atomic mass is 19.1. The van der Waals surface area contributed by atoms with Gasteiger partial charge >= 0.3 is 0 Å². The lowest BCUT2D eigenvalue weighted by Gasteiger charge is -2.31. The van der Waals surface area contributed by atoms with Gasteiger partial charge in [0.1, 0.15) is 11.6 Å². The van der Waals surface area contributed by atoms with Gasteiger partial charge in [-0.15, -0.1) is 0 Å². The molecule has 2 aromatic carbocycles. The highest BCUT2D eigenvalue weighted by Gasteiger charge is 2.31. The fourth-order valence-corrected chi connectivity index (χ4v) is 2.37. The third-order valence-electron chi connectivity index (χ3n) is 3.78. The van der Waals surface area contributed by atoms with E-state index in [1.807, 2.05) is 45.0 Å². The van der Waals surface area contributed by atoms with Crippen LogP contribution in [0.1, 0.15) is 38.0 Å². The lowest BCUT2D eigenvalue weighted by Crippen LogP contribution is -2.26. The van der Waals surface area contributed by atoms with Gasteiger partial charge in [0.2, 0.25) is 0 Å². The normalized spacial score (nSPS) is 13.0. The molecule has 0 aliphatic rings. The summed E-state index contributed by atoms with van der Waals surface area (Å²) in [7, 11) is 0. The van der Waals surface area contributed by atoms with Gasteiger partial charge in [-0.2, -0.15) is 0 Å². The summed E-state index contributed by atoms with van der Waals surface area (Å²) in [4.78, 5) is 0. The molecule has 0 saturated heterocycles. The molecule has 0 amide bonds. The maximum atomic E-state index is 13.0. The van der Waals surface area contributed by atoms with Crippen molar-refractivity contribution in [2.75, 3.05) is 6.61 Å². The Bertz CT molecular complexity index is 573. The summed E-state index contributed by atoms with van der Waals surface area (Å²) in [6.07, 6.45) is -0.682. The number of aliphatic hydroxyl groups excluding tert-OH is 1. The fourth-order valence-electron chi connectivity index (χ4n) is 2.37. The van der Waals surface area contributed by atoms with E-state index < -0.39 is 11.5 Å². The Hall–Kier alpha value is -1.87. The molecule has 2 aromatic rings. The molecule has 1 atom stereocenters. The first-order chi connectivity index (χ1) is 9.95. The number of ether oxygens (including phenoxy) is 1. The quantitative estimate of drug-likeness (QED) is 0.892. The summed E-state index contributed by atoms with van der Waals surface area (Å²) in [5.74, 6) is 0.512. The van der Waals surface area contributed by atoms with E-state index in [9.17, 15) is 9.50 Å². The van der Waals surface area contributed by atoms with Gasteiger partial charge in [0.05, 0.1) is 12.7 Å². The summed E-state index contributed by atoms with van der Waals surface area (Å²) in [5.41, 5.74) is 1.19. The molecule has 0 heterocycles. The molecule has 0 bridgehead atoms. The van der Waals surface area contributed by atoms with Crippen LogP contribution in [0.3, 0.4) is 0 Å². The van der Waals surface area contributed by atoms with Crippen LogP contribution in [0.5, 0.6) is 5.75 Å². The molecule has 0 fully saturated rings. The Balaban J connectivity index is 2.24. The van der Waals surface area contributed by atoms with E-state index in [1.54, 1.807) is 12.1 Å². The third kappa shape index (κ3) is 3.42. The zero-order valence-electron chi connectivity index (χ0n) is 12.6. The maximum absolute atomic E-state index is 13.0. The first kappa shape index (κ1) is 15.5. The smallest absolute Gasteiger partial charge is 0.123 e. The van der Waals surface area contributed by atoms with E-state index >= 15 is 0 Å². The number of benzene rings is 2. The first-order valence-corrected chi connectivity index (χ1v) is 7.12. The largest absolute Gasteiger partial charge is 0.494 e. The van der Waals surface area contributed by atoms with E-state index in [4.69, 9.17) is 4.74 Å². The van der Waals surface area contributed by atoms with Gasteiger partial charge in [-0.3, -0.25) is 0 Å². The van der Waals surface area contributed by atoms with E-state index in [0.29, 0.717) is 6.61 Å². The molecule has 2 nitrogen and oxygen atoms in total. The van der Waals surface area contributed by atoms with Gasteiger partial charge in [-0.25, -0.2) is 4.39 Å². The van der Waals surface area contributed by atoms with Crippen LogP contribution in [0.15, 0.2) is 48.5 Å². The average molecular weight is 288 g/mol. The van der Waals surface area contributed by atoms with Crippen LogP contribution in [0, 0.1) is 5.82 Å². The van der Waals surface area contributed by atoms with Crippen molar-refractivity contribution in [3.05, 3.63) is 65.5 Å². The average Bonchev–Trinajstić information content (AvgIpc) is 2.48. The maximum Gasteiger partial charge on any atom is 0.123 e. The van der Waals surface area contributed by atoms with Crippen LogP contribution in [0.4, 0.5) is 4.39 Å². The van der Waals surface area contributed by atoms with Gasteiger partial charge in [0.25, 0.3) is 0 Å². The summed E-state index contributed by atoms with van der Waals surface area (Å²) < 4.78 is 18.4. The second kappa shape index (κ2) is 6.27. The van der Waals surface area contributed by atoms with Crippen molar-refractivity contribution >= 4 is 0 Å². The van der Waals surface area contributed by atoms with Crippen LogP contribution in [0.2, 0.25) is 0 Å². The summed E-state index contributed by atoms with van der Waals surface area (Å²) in [6, 6.07) is 13.7. The summed E-state index contributed by atoms with van der Waals surface area (Å²) >= 11 is 0. The van der Waals surface area contributed by atoms with Crippen molar-refractivity contribution in [2.24, 2.45) is 0 Å². The van der Waals surface area contributed by atoms with E-state index in [2.05, 4.69) is 0 Å². The zero-order valence-corrected chi connectivity index (χ0v) is 12.6. The Morgan fingerprint density at radius 2 is 1.62 bits per heavy atom. The predicted octanol–water partition coefficient (Wildman–Crippen LogP) is 4.24. The molecule has 112 valence electrons. The molecule has 0 aromatic heterocycles. The number of halogens is 1. The Kier molecular flexibility index (Phi) is 4.63. The van der Waals surface area contributed by atoms with Gasteiger partial charge < -0.3 is 9.84 Å². The van der Waals surface area contributed by atoms with E-state index in [-0.39, 0.29) is 5.82 Å². The molecule has 0 saturated carbocycles. The molecule has 3 heteroatoms. The van der Waals surface area contributed by atoms with Gasteiger partial charge in [0, 0.05) is 5.41 Å². The Labute approximate surface area is 125 Å². The van der Waals surface area contributed by atoms with Crippen LogP contribution < -0.4 is 4.74 Å². The fraction of sp³-hybridized carbons (Fsp3) is 0.333. The van der Waals surface area contributed by atoms with Crippen molar-refractivity contribution in [3.8, 4) is 5.75 Å². The van der Waals surface area contributed by atoms with Gasteiger partial charge in [-0.05, 0) is 42.3 Å². The van der Waals surface area contributed by atoms with Crippen LogP contribution in [-0.4, -0.2) is 11.7 Å². The number of aliphatic hydroxyl groups is 1. The molecule has 1 unspecified atom stereocenters. The lowest BCUT2D eigenvalue weighted by molar-refractivity contribution is 0.100. The predicted molar refractivity (Wildman–Crippen MR) is 82.0 cm³/mol. The second-order valence-electron chi connectivity index (χ2n) is 5.63. The molecule has 1 N–H and O–H groups in total. The number of rotatable bonds is 5. The molecule has 0 aliphatic heterocycles. The van der Waals surface area contributed by atoms with E-state index in [0.717, 1.165) is 16.9 Å². The number of hydrogen-bond acceptors (Lipinski definition) is 2. The van der Waals surface area contributed by atoms with Crippen LogP contribution >= 0.6 is 0 Å². The Morgan fingerprint density at radius 1 is 1.05 bits per heavy atom. The topological polar surface area (TPSA) is 29.5 Å². The molecule has 2 rings (SSSR count). The van der Waals surface area contributed by atoms with Crippen molar-refractivity contribution in [1.82, 2.24) is 0 Å². The van der Waals surface area contributed by atoms with Crippen molar-refractivity contribution in [1.29, 1.82) is 0 Å². The summed E-state index contributed by atoms with van der Waals surface area (Å²) in [5, 5.41) is 10.7. The Morgan fingerprint density at radius 3 is 2.14 bits per heavy atom. The molecule has 21 heavy (non-hydrogen) atoms. The minimum atomic E-state index is -0.682. The molecule has 0 aliphatic carbocycles. The van der Waals surface area contributed by atoms with Gasteiger partial charge in [-0.1, -0.05) is 38.1 Å². The number of hydrogen-bond donors (Lipinski definition) is 1. The molecular formula is C18H21FO2. The zero-order chi connectivity index (χ0) is 15.5. The van der Waals surface area contributed by atoms with E-state index in [1.165, 1.54) is 12.1 Å². The molecule has 0 spiro atoms. The monoisotopic (exact) mass is 288 g/mol. The summed E-state index contributed by atoms with van der Waals surface area (Å²) in [6.45, 7) is 6.44. The molecular weight excluding hydrogens is 267 g/mol. The van der Waals surface area contributed by atoms with Crippen molar-refractivity contribution in [2.45, 2.75) is 32.3 Å². The highest BCUT2D eigenvalue weighted by molar-refractivity contribution is 5.34. The van der Waals surface area contributed by atoms with Gasteiger partial charge in [0.15, 0.2) is 0 Å². The SMILES string of the molecule is CCOc1ccc(C(O)C(C)(C)c2ccc(F)cc2)cc1.